The lowest BCUT2D eigenvalue weighted by Gasteiger charge is -2.48. The van der Waals surface area contributed by atoms with Crippen LogP contribution >= 0.6 is 0 Å². The van der Waals surface area contributed by atoms with E-state index in [1.807, 2.05) is 37.2 Å². The maximum absolute atomic E-state index is 11.9. The van der Waals surface area contributed by atoms with Crippen LogP contribution in [0.25, 0.3) is 16.8 Å². The molecule has 0 atom stereocenters. The summed E-state index contributed by atoms with van der Waals surface area (Å²) in [5, 5.41) is 8.85. The van der Waals surface area contributed by atoms with Gasteiger partial charge in [-0.25, -0.2) is 9.50 Å². The van der Waals surface area contributed by atoms with Gasteiger partial charge in [-0.15, -0.1) is 0 Å². The molecule has 3 heterocycles. The molecule has 0 N–H and O–H groups in total. The van der Waals surface area contributed by atoms with Gasteiger partial charge in [0.2, 0.25) is 11.8 Å². The van der Waals surface area contributed by atoms with Crippen LogP contribution in [0.1, 0.15) is 44.1 Å². The highest BCUT2D eigenvalue weighted by molar-refractivity contribution is 5.87. The molecular weight excluding hydrogens is 380 g/mol. The summed E-state index contributed by atoms with van der Waals surface area (Å²) >= 11 is 0. The van der Waals surface area contributed by atoms with Crippen molar-refractivity contribution in [2.24, 2.45) is 7.05 Å². The first-order valence-corrected chi connectivity index (χ1v) is 10.3. The van der Waals surface area contributed by atoms with E-state index in [0.717, 1.165) is 29.6 Å². The summed E-state index contributed by atoms with van der Waals surface area (Å²) in [5.74, 6) is 1.08. The quantitative estimate of drug-likeness (QED) is 0.588. The van der Waals surface area contributed by atoms with Crippen molar-refractivity contribution in [3.8, 4) is 17.1 Å². The lowest BCUT2D eigenvalue weighted by Crippen LogP contribution is -2.56. The molecule has 8 nitrogen and oxygen atoms in total. The molecule has 0 unspecified atom stereocenters. The van der Waals surface area contributed by atoms with Gasteiger partial charge in [-0.2, -0.15) is 10.2 Å². The fourth-order valence-corrected chi connectivity index (χ4v) is 4.31. The molecule has 1 amide bonds. The van der Waals surface area contributed by atoms with Crippen molar-refractivity contribution >= 4 is 11.4 Å². The van der Waals surface area contributed by atoms with E-state index in [1.54, 1.807) is 15.8 Å². The second-order valence-corrected chi connectivity index (χ2v) is 8.77. The van der Waals surface area contributed by atoms with Gasteiger partial charge in [0.05, 0.1) is 24.3 Å². The van der Waals surface area contributed by atoms with Gasteiger partial charge in [0, 0.05) is 50.3 Å². The molecule has 5 rings (SSSR count). The van der Waals surface area contributed by atoms with Crippen molar-refractivity contribution < 1.29 is 9.53 Å². The Morgan fingerprint density at radius 3 is 2.70 bits per heavy atom. The molecule has 0 radical (unpaired) electrons. The highest BCUT2D eigenvalue weighted by atomic mass is 16.5. The summed E-state index contributed by atoms with van der Waals surface area (Å²) in [6, 6.07) is 0.144. The zero-order chi connectivity index (χ0) is 21.0. The molecule has 156 valence electrons. The highest BCUT2D eigenvalue weighted by Gasteiger charge is 2.46. The minimum atomic E-state index is -0.382. The van der Waals surface area contributed by atoms with Crippen molar-refractivity contribution in [1.82, 2.24) is 29.3 Å². The molecule has 0 aromatic carbocycles. The standard InChI is InChI=1S/C22H26N6O2/c1-5-19(29)27(4)16-8-22(2,9-16)30-21-20-17(14-6-7-14)11-24-28(20)13-18(25-21)15-10-23-26(3)12-15/h5,10-14,16H,1,6-9H2,2-4H3. The van der Waals surface area contributed by atoms with Crippen LogP contribution in [0.4, 0.5) is 0 Å². The Morgan fingerprint density at radius 1 is 1.30 bits per heavy atom. The molecule has 0 spiro atoms. The van der Waals surface area contributed by atoms with Gasteiger partial charge in [-0.05, 0) is 31.8 Å². The lowest BCUT2D eigenvalue weighted by molar-refractivity contribution is -0.133. The van der Waals surface area contributed by atoms with Crippen LogP contribution in [-0.4, -0.2) is 53.9 Å². The number of aromatic nitrogens is 5. The summed E-state index contributed by atoms with van der Waals surface area (Å²) in [6.07, 6.45) is 12.8. The number of likely N-dealkylation sites (N-methyl/N-ethyl adjacent to an activating group) is 1. The van der Waals surface area contributed by atoms with E-state index in [9.17, 15) is 4.79 Å². The Kier molecular flexibility index (Phi) is 4.20. The Balaban J connectivity index is 1.49. The van der Waals surface area contributed by atoms with Gasteiger partial charge >= 0.3 is 0 Å². The number of aryl methyl sites for hydroxylation is 1. The van der Waals surface area contributed by atoms with Crippen LogP contribution in [0.3, 0.4) is 0 Å². The smallest absolute Gasteiger partial charge is 0.245 e. The number of nitrogens with zero attached hydrogens (tertiary/aromatic N) is 6. The molecule has 8 heteroatoms. The molecule has 2 aliphatic rings. The van der Waals surface area contributed by atoms with Crippen molar-refractivity contribution in [2.45, 2.75) is 50.2 Å². The average molecular weight is 406 g/mol. The van der Waals surface area contributed by atoms with E-state index in [4.69, 9.17) is 9.72 Å². The monoisotopic (exact) mass is 406 g/mol. The van der Waals surface area contributed by atoms with Gasteiger partial charge in [0.25, 0.3) is 0 Å². The number of ether oxygens (including phenoxy) is 1. The first-order valence-electron chi connectivity index (χ1n) is 10.3. The fraction of sp³-hybridized carbons (Fsp3) is 0.455. The Bertz CT molecular complexity index is 1140. The first kappa shape index (κ1) is 18.8. The van der Waals surface area contributed by atoms with Crippen LogP contribution in [0.5, 0.6) is 5.88 Å². The largest absolute Gasteiger partial charge is 0.470 e. The van der Waals surface area contributed by atoms with Crippen LogP contribution in [0, 0.1) is 0 Å². The topological polar surface area (TPSA) is 77.6 Å². The molecular formula is C22H26N6O2. The van der Waals surface area contributed by atoms with E-state index >= 15 is 0 Å². The Hall–Kier alpha value is -3.16. The van der Waals surface area contributed by atoms with Crippen molar-refractivity contribution in [2.75, 3.05) is 7.05 Å². The molecule has 3 aromatic rings. The van der Waals surface area contributed by atoms with E-state index < -0.39 is 0 Å². The molecule has 0 bridgehead atoms. The third kappa shape index (κ3) is 3.16. The normalized spacial score (nSPS) is 23.2. The maximum Gasteiger partial charge on any atom is 0.245 e. The first-order chi connectivity index (χ1) is 14.4. The van der Waals surface area contributed by atoms with Crippen LogP contribution < -0.4 is 4.74 Å². The predicted octanol–water partition coefficient (Wildman–Crippen LogP) is 2.95. The molecule has 2 saturated carbocycles. The highest BCUT2D eigenvalue weighted by Crippen LogP contribution is 2.46. The number of amides is 1. The Morgan fingerprint density at radius 2 is 2.07 bits per heavy atom. The second-order valence-electron chi connectivity index (χ2n) is 8.77. The van der Waals surface area contributed by atoms with Crippen LogP contribution in [0.15, 0.2) is 37.4 Å². The number of carbonyl (C=O) groups is 1. The zero-order valence-electron chi connectivity index (χ0n) is 17.6. The number of carbonyl (C=O) groups excluding carboxylic acids is 1. The number of hydrogen-bond donors (Lipinski definition) is 0. The summed E-state index contributed by atoms with van der Waals surface area (Å²) < 4.78 is 10.2. The number of fused-ring (bicyclic) bond motifs is 1. The van der Waals surface area contributed by atoms with E-state index in [0.29, 0.717) is 11.8 Å². The van der Waals surface area contributed by atoms with Crippen molar-refractivity contribution in [3.63, 3.8) is 0 Å². The molecule has 30 heavy (non-hydrogen) atoms. The second kappa shape index (κ2) is 6.68. The summed E-state index contributed by atoms with van der Waals surface area (Å²) in [5.41, 5.74) is 3.46. The van der Waals surface area contributed by atoms with Gasteiger partial charge in [0.1, 0.15) is 11.1 Å². The third-order valence-electron chi connectivity index (χ3n) is 6.26. The predicted molar refractivity (Wildman–Crippen MR) is 112 cm³/mol. The third-order valence-corrected chi connectivity index (χ3v) is 6.26. The molecule has 2 aliphatic carbocycles. The maximum atomic E-state index is 11.9. The van der Waals surface area contributed by atoms with Crippen LogP contribution in [-0.2, 0) is 11.8 Å². The lowest BCUT2D eigenvalue weighted by atomic mass is 9.76. The molecule has 3 aromatic heterocycles. The SMILES string of the molecule is C=CC(=O)N(C)C1CC(C)(Oc2nc(-c3cnn(C)c3)cn3ncc(C4CC4)c23)C1. The van der Waals surface area contributed by atoms with Crippen molar-refractivity contribution in [1.29, 1.82) is 0 Å². The number of rotatable bonds is 6. The van der Waals surface area contributed by atoms with Gasteiger partial charge in [-0.1, -0.05) is 6.58 Å². The summed E-state index contributed by atoms with van der Waals surface area (Å²) in [6.45, 7) is 5.66. The van der Waals surface area contributed by atoms with E-state index in [2.05, 4.69) is 23.7 Å². The zero-order valence-corrected chi connectivity index (χ0v) is 17.6. The average Bonchev–Trinajstić information content (AvgIpc) is 3.31. The Labute approximate surface area is 175 Å². The molecule has 0 aliphatic heterocycles. The molecule has 0 saturated heterocycles. The summed E-state index contributed by atoms with van der Waals surface area (Å²) in [4.78, 5) is 18.5. The minimum Gasteiger partial charge on any atom is -0.470 e. The van der Waals surface area contributed by atoms with Crippen molar-refractivity contribution in [3.05, 3.63) is 43.0 Å². The minimum absolute atomic E-state index is 0.0621. The fourth-order valence-electron chi connectivity index (χ4n) is 4.31. The van der Waals surface area contributed by atoms with Crippen LogP contribution in [0.2, 0.25) is 0 Å². The summed E-state index contributed by atoms with van der Waals surface area (Å²) in [7, 11) is 3.70. The van der Waals surface area contributed by atoms with Gasteiger partial charge in [0.15, 0.2) is 0 Å². The van der Waals surface area contributed by atoms with Gasteiger partial charge in [-0.3, -0.25) is 9.48 Å². The van der Waals surface area contributed by atoms with E-state index in [1.165, 1.54) is 24.5 Å². The van der Waals surface area contributed by atoms with E-state index in [-0.39, 0.29) is 17.6 Å². The van der Waals surface area contributed by atoms with Gasteiger partial charge < -0.3 is 9.64 Å². The number of hydrogen-bond acceptors (Lipinski definition) is 5. The molecule has 2 fully saturated rings.